The molecule has 0 aromatic heterocycles. The van der Waals surface area contributed by atoms with Crippen LogP contribution in [0.4, 0.5) is 0 Å². The molecule has 7 heteroatoms. The van der Waals surface area contributed by atoms with Crippen LogP contribution in [0.3, 0.4) is 0 Å². The molecule has 1 fully saturated rings. The van der Waals surface area contributed by atoms with Crippen LogP contribution in [0.25, 0.3) is 0 Å². The molecule has 7 nitrogen and oxygen atoms in total. The van der Waals surface area contributed by atoms with Crippen LogP contribution in [-0.2, 0) is 23.7 Å². The number of ether oxygens (including phenoxy) is 5. The average Bonchev–Trinajstić information content (AvgIpc) is 2.63. The maximum absolute atomic E-state index is 8.59. The van der Waals surface area contributed by atoms with Crippen LogP contribution in [0.5, 0.6) is 0 Å². The van der Waals surface area contributed by atoms with Gasteiger partial charge in [-0.2, -0.15) is 10.5 Å². The minimum Gasteiger partial charge on any atom is -0.381 e. The van der Waals surface area contributed by atoms with E-state index < -0.39 is 0 Å². The number of hydrogen-bond donors (Lipinski definition) is 0. The summed E-state index contributed by atoms with van der Waals surface area (Å²) in [5.74, 6) is 0. The topological polar surface area (TPSA) is 93.7 Å². The quantitative estimate of drug-likeness (QED) is 0.357. The fourth-order valence-electron chi connectivity index (χ4n) is 2.58. The Bertz CT molecular complexity index is 446. The van der Waals surface area contributed by atoms with E-state index in [1.807, 2.05) is 6.92 Å². The summed E-state index contributed by atoms with van der Waals surface area (Å²) in [5, 5.41) is 17.2. The van der Waals surface area contributed by atoms with Crippen LogP contribution >= 0.6 is 0 Å². The van der Waals surface area contributed by atoms with Crippen molar-refractivity contribution in [1.29, 1.82) is 10.5 Å². The lowest BCUT2D eigenvalue weighted by Gasteiger charge is -2.37. The molecule has 0 spiro atoms. The third kappa shape index (κ3) is 11.3. The Morgan fingerprint density at radius 3 is 1.78 bits per heavy atom. The van der Waals surface area contributed by atoms with E-state index >= 15 is 0 Å². The molecule has 0 atom stereocenters. The summed E-state index contributed by atoms with van der Waals surface area (Å²) < 4.78 is 27.9. The highest BCUT2D eigenvalue weighted by atomic mass is 16.5. The van der Waals surface area contributed by atoms with E-state index in [9.17, 15) is 0 Å². The van der Waals surface area contributed by atoms with Crippen molar-refractivity contribution >= 4 is 0 Å². The number of rotatable bonds is 17. The number of nitrogens with zero attached hydrogens (tertiary/aromatic N) is 2. The Morgan fingerprint density at radius 2 is 1.33 bits per heavy atom. The first kappa shape index (κ1) is 23.8. The molecule has 1 saturated heterocycles. The van der Waals surface area contributed by atoms with Gasteiger partial charge in [0.25, 0.3) is 0 Å². The number of hydrogen-bond acceptors (Lipinski definition) is 7. The molecule has 0 amide bonds. The van der Waals surface area contributed by atoms with Crippen molar-refractivity contribution in [3.8, 4) is 12.1 Å². The van der Waals surface area contributed by atoms with Crippen molar-refractivity contribution in [2.24, 2.45) is 10.8 Å². The molecule has 0 radical (unpaired) electrons. The van der Waals surface area contributed by atoms with E-state index in [-0.39, 0.29) is 10.8 Å². The highest BCUT2D eigenvalue weighted by molar-refractivity contribution is 4.80. The Morgan fingerprint density at radius 1 is 0.852 bits per heavy atom. The van der Waals surface area contributed by atoms with Crippen molar-refractivity contribution < 1.29 is 23.7 Å². The molecule has 27 heavy (non-hydrogen) atoms. The van der Waals surface area contributed by atoms with E-state index in [4.69, 9.17) is 34.2 Å². The van der Waals surface area contributed by atoms with Crippen LogP contribution in [0.2, 0.25) is 0 Å². The Kier molecular flexibility index (Phi) is 12.2. The van der Waals surface area contributed by atoms with Gasteiger partial charge in [0, 0.05) is 24.0 Å². The molecule has 0 unspecified atom stereocenters. The molecule has 0 N–H and O–H groups in total. The Hall–Kier alpha value is -1.22. The van der Waals surface area contributed by atoms with Crippen molar-refractivity contribution in [2.75, 3.05) is 66.1 Å². The molecule has 154 valence electrons. The van der Waals surface area contributed by atoms with E-state index in [0.29, 0.717) is 52.5 Å². The summed E-state index contributed by atoms with van der Waals surface area (Å²) in [5.41, 5.74) is -0.0877. The van der Waals surface area contributed by atoms with E-state index in [2.05, 4.69) is 19.1 Å². The molecule has 0 aliphatic carbocycles. The number of unbranched alkanes of at least 4 members (excludes halogenated alkanes) is 1. The van der Waals surface area contributed by atoms with Gasteiger partial charge in [-0.1, -0.05) is 13.8 Å². The number of nitriles is 2. The molecular weight excluding hydrogens is 348 g/mol. The van der Waals surface area contributed by atoms with Crippen molar-refractivity contribution in [3.05, 3.63) is 0 Å². The third-order valence-electron chi connectivity index (χ3n) is 4.25. The predicted octanol–water partition coefficient (Wildman–Crippen LogP) is 2.70. The highest BCUT2D eigenvalue weighted by Gasteiger charge is 2.33. The van der Waals surface area contributed by atoms with Gasteiger partial charge in [-0.3, -0.25) is 0 Å². The lowest BCUT2D eigenvalue weighted by Crippen LogP contribution is -2.43. The SMILES string of the molecule is CC(COCCC#N)(COCCC#N)COCCCCOCC1(C)COC1. The Labute approximate surface area is 163 Å². The standard InChI is InChI=1S/C20H34N2O5/c1-19(14-25-11-5-7-21,15-26-12-6-8-22)13-23-9-3-4-10-24-16-20(2)17-27-18-20/h3-6,9-18H2,1-2H3. The lowest BCUT2D eigenvalue weighted by atomic mass is 9.90. The minimum atomic E-state index is -0.291. The van der Waals surface area contributed by atoms with E-state index in [1.165, 1.54) is 0 Å². The zero-order chi connectivity index (χ0) is 19.8. The maximum Gasteiger partial charge on any atom is 0.0645 e. The Balaban J connectivity index is 2.12. The second-order valence-corrected chi connectivity index (χ2v) is 7.85. The zero-order valence-corrected chi connectivity index (χ0v) is 16.8. The fourth-order valence-corrected chi connectivity index (χ4v) is 2.58. The van der Waals surface area contributed by atoms with Gasteiger partial charge in [0.1, 0.15) is 0 Å². The monoisotopic (exact) mass is 382 g/mol. The molecule has 0 saturated carbocycles. The van der Waals surface area contributed by atoms with Crippen LogP contribution in [0, 0.1) is 33.5 Å². The van der Waals surface area contributed by atoms with Crippen LogP contribution < -0.4 is 0 Å². The zero-order valence-electron chi connectivity index (χ0n) is 16.8. The second-order valence-electron chi connectivity index (χ2n) is 7.85. The maximum atomic E-state index is 8.59. The van der Waals surface area contributed by atoms with Crippen molar-refractivity contribution in [2.45, 2.75) is 39.5 Å². The van der Waals surface area contributed by atoms with Gasteiger partial charge in [0.05, 0.1) is 77.8 Å². The van der Waals surface area contributed by atoms with Gasteiger partial charge in [-0.15, -0.1) is 0 Å². The van der Waals surface area contributed by atoms with Gasteiger partial charge in [0.2, 0.25) is 0 Å². The fraction of sp³-hybridized carbons (Fsp3) is 0.900. The van der Waals surface area contributed by atoms with Gasteiger partial charge in [-0.05, 0) is 12.8 Å². The molecule has 0 aromatic carbocycles. The minimum absolute atomic E-state index is 0.204. The van der Waals surface area contributed by atoms with Crippen molar-refractivity contribution in [1.82, 2.24) is 0 Å². The first-order valence-corrected chi connectivity index (χ1v) is 9.66. The first-order valence-electron chi connectivity index (χ1n) is 9.66. The second kappa shape index (κ2) is 13.9. The molecule has 1 aliphatic heterocycles. The molecule has 1 heterocycles. The van der Waals surface area contributed by atoms with Gasteiger partial charge < -0.3 is 23.7 Å². The highest BCUT2D eigenvalue weighted by Crippen LogP contribution is 2.26. The summed E-state index contributed by atoms with van der Waals surface area (Å²) in [6, 6.07) is 4.13. The van der Waals surface area contributed by atoms with E-state index in [1.54, 1.807) is 0 Å². The predicted molar refractivity (Wildman–Crippen MR) is 100 cm³/mol. The first-order chi connectivity index (χ1) is 13.0. The summed E-state index contributed by atoms with van der Waals surface area (Å²) in [7, 11) is 0. The summed E-state index contributed by atoms with van der Waals surface area (Å²) in [4.78, 5) is 0. The lowest BCUT2D eigenvalue weighted by molar-refractivity contribution is -0.138. The van der Waals surface area contributed by atoms with Gasteiger partial charge in [-0.25, -0.2) is 0 Å². The molecule has 0 bridgehead atoms. The van der Waals surface area contributed by atoms with Crippen LogP contribution in [0.1, 0.15) is 39.5 Å². The summed E-state index contributed by atoms with van der Waals surface area (Å²) in [6.45, 7) is 10.2. The molecule has 0 aromatic rings. The van der Waals surface area contributed by atoms with Crippen LogP contribution in [0.15, 0.2) is 0 Å². The van der Waals surface area contributed by atoms with Crippen LogP contribution in [-0.4, -0.2) is 66.1 Å². The average molecular weight is 383 g/mol. The third-order valence-corrected chi connectivity index (χ3v) is 4.25. The van der Waals surface area contributed by atoms with E-state index in [0.717, 1.165) is 39.3 Å². The summed E-state index contributed by atoms with van der Waals surface area (Å²) in [6.07, 6.45) is 2.65. The molecular formula is C20H34N2O5. The van der Waals surface area contributed by atoms with Crippen molar-refractivity contribution in [3.63, 3.8) is 0 Å². The largest absolute Gasteiger partial charge is 0.381 e. The normalized spacial score (nSPS) is 15.7. The smallest absolute Gasteiger partial charge is 0.0645 e. The van der Waals surface area contributed by atoms with Gasteiger partial charge in [0.15, 0.2) is 0 Å². The molecule has 1 aliphatic rings. The summed E-state index contributed by atoms with van der Waals surface area (Å²) >= 11 is 0. The molecule has 1 rings (SSSR count). The van der Waals surface area contributed by atoms with Gasteiger partial charge >= 0.3 is 0 Å².